The van der Waals surface area contributed by atoms with Gasteiger partial charge in [-0.05, 0) is 37.0 Å². The molecule has 1 amide bonds. The van der Waals surface area contributed by atoms with Gasteiger partial charge in [0.25, 0.3) is 0 Å². The van der Waals surface area contributed by atoms with Gasteiger partial charge in [-0.2, -0.15) is 0 Å². The van der Waals surface area contributed by atoms with Crippen molar-refractivity contribution in [1.29, 1.82) is 0 Å². The lowest BCUT2D eigenvalue weighted by Gasteiger charge is -2.32. The Morgan fingerprint density at radius 1 is 1.05 bits per heavy atom. The van der Waals surface area contributed by atoms with Crippen molar-refractivity contribution in [1.82, 2.24) is 4.90 Å². The highest BCUT2D eigenvalue weighted by molar-refractivity contribution is 6.42. The summed E-state index contributed by atoms with van der Waals surface area (Å²) in [5, 5.41) is 1.10. The van der Waals surface area contributed by atoms with Crippen molar-refractivity contribution < 1.29 is 4.79 Å². The molecule has 4 heteroatoms. The van der Waals surface area contributed by atoms with E-state index in [1.165, 1.54) is 0 Å². The van der Waals surface area contributed by atoms with Crippen LogP contribution in [-0.2, 0) is 11.3 Å². The first-order valence-electron chi connectivity index (χ1n) is 8.26. The molecular formula is C18H27Cl2NO. The van der Waals surface area contributed by atoms with Crippen LogP contribution < -0.4 is 0 Å². The normalized spacial score (nSPS) is 11.0. The van der Waals surface area contributed by atoms with Crippen LogP contribution in [0.5, 0.6) is 0 Å². The van der Waals surface area contributed by atoms with Crippen molar-refractivity contribution in [3.63, 3.8) is 0 Å². The van der Waals surface area contributed by atoms with E-state index in [9.17, 15) is 4.79 Å². The van der Waals surface area contributed by atoms with Gasteiger partial charge in [-0.15, -0.1) is 0 Å². The molecule has 0 aliphatic heterocycles. The summed E-state index contributed by atoms with van der Waals surface area (Å²) in [6, 6.07) is 5.93. The zero-order valence-electron chi connectivity index (χ0n) is 13.9. The molecule has 2 nitrogen and oxygen atoms in total. The fourth-order valence-electron chi connectivity index (χ4n) is 2.74. The van der Waals surface area contributed by atoms with Gasteiger partial charge in [0, 0.05) is 19.0 Å². The molecule has 0 aliphatic carbocycles. The van der Waals surface area contributed by atoms with Gasteiger partial charge in [0.2, 0.25) is 5.91 Å². The zero-order valence-corrected chi connectivity index (χ0v) is 15.4. The molecule has 0 N–H and O–H groups in total. The minimum atomic E-state index is 0.237. The number of amides is 1. The quantitative estimate of drug-likeness (QED) is 0.531. The molecule has 0 heterocycles. The Hall–Kier alpha value is -0.730. The van der Waals surface area contributed by atoms with Crippen LogP contribution in [0.1, 0.15) is 64.9 Å². The molecule has 1 aromatic rings. The molecule has 0 saturated heterocycles. The number of benzene rings is 1. The van der Waals surface area contributed by atoms with Gasteiger partial charge in [-0.3, -0.25) is 4.79 Å². The number of rotatable bonds is 9. The maximum Gasteiger partial charge on any atom is 0.223 e. The molecule has 124 valence electrons. The van der Waals surface area contributed by atoms with Crippen LogP contribution in [-0.4, -0.2) is 16.8 Å². The summed E-state index contributed by atoms with van der Waals surface area (Å²) in [5.41, 5.74) is 1.04. The summed E-state index contributed by atoms with van der Waals surface area (Å²) in [6.07, 6.45) is 5.74. The average Bonchev–Trinajstić information content (AvgIpc) is 2.48. The van der Waals surface area contributed by atoms with Gasteiger partial charge < -0.3 is 4.90 Å². The first-order valence-corrected chi connectivity index (χ1v) is 9.02. The summed E-state index contributed by atoms with van der Waals surface area (Å²) < 4.78 is 0. The Kier molecular flexibility index (Phi) is 8.89. The lowest BCUT2D eigenvalue weighted by Crippen LogP contribution is -2.39. The summed E-state index contributed by atoms with van der Waals surface area (Å²) in [6.45, 7) is 7.00. The van der Waals surface area contributed by atoms with Crippen molar-refractivity contribution in [2.75, 3.05) is 0 Å². The summed E-state index contributed by atoms with van der Waals surface area (Å²) in [5.74, 6) is 0.237. The number of carbonyl (C=O) groups is 1. The smallest absolute Gasteiger partial charge is 0.223 e. The van der Waals surface area contributed by atoms with Crippen LogP contribution in [0.4, 0.5) is 0 Å². The first-order chi connectivity index (χ1) is 10.5. The van der Waals surface area contributed by atoms with Crippen molar-refractivity contribution >= 4 is 29.1 Å². The molecule has 0 unspecified atom stereocenters. The van der Waals surface area contributed by atoms with E-state index in [0.717, 1.165) is 37.7 Å². The van der Waals surface area contributed by atoms with Crippen LogP contribution in [0.3, 0.4) is 0 Å². The molecule has 0 saturated carbocycles. The third kappa shape index (κ3) is 5.81. The van der Waals surface area contributed by atoms with Crippen molar-refractivity contribution in [2.45, 2.75) is 71.9 Å². The van der Waals surface area contributed by atoms with E-state index in [-0.39, 0.29) is 5.91 Å². The summed E-state index contributed by atoms with van der Waals surface area (Å²) >= 11 is 12.1. The van der Waals surface area contributed by atoms with E-state index in [1.54, 1.807) is 6.07 Å². The van der Waals surface area contributed by atoms with Gasteiger partial charge in [0.1, 0.15) is 0 Å². The molecule has 22 heavy (non-hydrogen) atoms. The van der Waals surface area contributed by atoms with E-state index in [2.05, 4.69) is 13.8 Å². The molecule has 0 aliphatic rings. The number of nitrogens with zero attached hydrogens (tertiary/aromatic N) is 1. The van der Waals surface area contributed by atoms with Crippen molar-refractivity contribution in [3.05, 3.63) is 33.8 Å². The number of halogens is 2. The molecule has 0 spiro atoms. The van der Waals surface area contributed by atoms with E-state index >= 15 is 0 Å². The molecular weight excluding hydrogens is 317 g/mol. The van der Waals surface area contributed by atoms with E-state index < -0.39 is 0 Å². The molecule has 0 atom stereocenters. The predicted molar refractivity (Wildman–Crippen MR) is 95.5 cm³/mol. The van der Waals surface area contributed by atoms with Gasteiger partial charge >= 0.3 is 0 Å². The molecule has 1 aromatic carbocycles. The maximum atomic E-state index is 12.6. The van der Waals surface area contributed by atoms with Crippen molar-refractivity contribution in [2.24, 2.45) is 0 Å². The SMILES string of the molecule is CCCC(=O)N(Cc1ccc(Cl)c(Cl)c1)C(CCC)CCC. The largest absolute Gasteiger partial charge is 0.335 e. The van der Waals surface area contributed by atoms with Crippen molar-refractivity contribution in [3.8, 4) is 0 Å². The Labute approximate surface area is 144 Å². The first kappa shape index (κ1) is 19.3. The highest BCUT2D eigenvalue weighted by Gasteiger charge is 2.22. The maximum absolute atomic E-state index is 12.6. The van der Waals surface area contributed by atoms with Crippen LogP contribution >= 0.6 is 23.2 Å². The third-order valence-electron chi connectivity index (χ3n) is 3.81. The van der Waals surface area contributed by atoms with E-state index in [1.807, 2.05) is 24.0 Å². The molecule has 0 fully saturated rings. The minimum Gasteiger partial charge on any atom is -0.335 e. The average molecular weight is 344 g/mol. The highest BCUT2D eigenvalue weighted by atomic mass is 35.5. The van der Waals surface area contributed by atoms with Gasteiger partial charge in [-0.25, -0.2) is 0 Å². The predicted octanol–water partition coefficient (Wildman–Crippen LogP) is 6.09. The minimum absolute atomic E-state index is 0.237. The lowest BCUT2D eigenvalue weighted by molar-refractivity contribution is -0.134. The number of carbonyl (C=O) groups excluding carboxylic acids is 1. The van der Waals surface area contributed by atoms with Gasteiger partial charge in [0.15, 0.2) is 0 Å². The van der Waals surface area contributed by atoms with Gasteiger partial charge in [-0.1, -0.05) is 62.9 Å². The Morgan fingerprint density at radius 2 is 1.68 bits per heavy atom. The summed E-state index contributed by atoms with van der Waals surface area (Å²) in [4.78, 5) is 14.6. The fraction of sp³-hybridized carbons (Fsp3) is 0.611. The monoisotopic (exact) mass is 343 g/mol. The summed E-state index contributed by atoms with van der Waals surface area (Å²) in [7, 11) is 0. The van der Waals surface area contributed by atoms with Crippen LogP contribution in [0.2, 0.25) is 10.0 Å². The number of hydrogen-bond donors (Lipinski definition) is 0. The molecule has 0 aromatic heterocycles. The Balaban J connectivity index is 2.97. The molecule has 0 bridgehead atoms. The van der Waals surface area contributed by atoms with E-state index in [4.69, 9.17) is 23.2 Å². The van der Waals surface area contributed by atoms with Gasteiger partial charge in [0.05, 0.1) is 10.0 Å². The molecule has 1 rings (SSSR count). The van der Waals surface area contributed by atoms with Crippen LogP contribution in [0.15, 0.2) is 18.2 Å². The number of hydrogen-bond acceptors (Lipinski definition) is 1. The second-order valence-corrected chi connectivity index (χ2v) is 6.57. The second kappa shape index (κ2) is 10.1. The Morgan fingerprint density at radius 3 is 2.18 bits per heavy atom. The van der Waals surface area contributed by atoms with E-state index in [0.29, 0.717) is 29.1 Å². The van der Waals surface area contributed by atoms with Crippen LogP contribution in [0, 0.1) is 0 Å². The Bertz CT molecular complexity index is 470. The lowest BCUT2D eigenvalue weighted by atomic mass is 10.0. The fourth-order valence-corrected chi connectivity index (χ4v) is 3.06. The van der Waals surface area contributed by atoms with Crippen LogP contribution in [0.25, 0.3) is 0 Å². The zero-order chi connectivity index (χ0) is 16.5. The standard InChI is InChI=1S/C18H27Cl2NO/c1-4-7-15(8-5-2)21(18(22)9-6-3)13-14-10-11-16(19)17(20)12-14/h10-12,15H,4-9,13H2,1-3H3. The molecule has 0 radical (unpaired) electrons. The second-order valence-electron chi connectivity index (χ2n) is 5.75. The third-order valence-corrected chi connectivity index (χ3v) is 4.54. The highest BCUT2D eigenvalue weighted by Crippen LogP contribution is 2.25. The topological polar surface area (TPSA) is 20.3 Å².